The lowest BCUT2D eigenvalue weighted by molar-refractivity contribution is 0.586. The first-order valence-electron chi connectivity index (χ1n) is 3.79. The van der Waals surface area contributed by atoms with Crippen LogP contribution in [0.2, 0.25) is 5.02 Å². The molecule has 1 aromatic rings. The molecule has 1 aromatic carbocycles. The van der Waals surface area contributed by atoms with E-state index in [-0.39, 0.29) is 11.4 Å². The molecule has 1 N–H and O–H groups in total. The minimum Gasteiger partial charge on any atom is -0.207 e. The lowest BCUT2D eigenvalue weighted by Gasteiger charge is -2.04. The van der Waals surface area contributed by atoms with Gasteiger partial charge in [0.25, 0.3) is 0 Å². The summed E-state index contributed by atoms with van der Waals surface area (Å²) in [4.78, 5) is 0.0639. The van der Waals surface area contributed by atoms with Crippen molar-refractivity contribution in [2.45, 2.75) is 4.90 Å². The second kappa shape index (κ2) is 4.94. The van der Waals surface area contributed by atoms with Crippen molar-refractivity contribution in [3.63, 3.8) is 0 Å². The fourth-order valence-corrected chi connectivity index (χ4v) is 2.44. The van der Waals surface area contributed by atoms with Crippen molar-refractivity contribution >= 4 is 37.6 Å². The third-order valence-electron chi connectivity index (χ3n) is 1.54. The molecule has 4 nitrogen and oxygen atoms in total. The van der Waals surface area contributed by atoms with E-state index in [0.717, 1.165) is 0 Å². The maximum absolute atomic E-state index is 11.5. The summed E-state index contributed by atoms with van der Waals surface area (Å²) in [5.74, 6) is 0. The number of nitrogens with one attached hydrogen (secondary N) is 1. The number of nitrogens with zero attached hydrogens (tertiary/aromatic N) is 1. The van der Waals surface area contributed by atoms with Crippen LogP contribution in [-0.4, -0.2) is 15.0 Å². The van der Waals surface area contributed by atoms with Crippen molar-refractivity contribution in [2.75, 3.05) is 6.54 Å². The van der Waals surface area contributed by atoms with E-state index in [1.54, 1.807) is 6.07 Å². The van der Waals surface area contributed by atoms with Crippen LogP contribution < -0.4 is 4.72 Å². The molecule has 0 atom stereocenters. The van der Waals surface area contributed by atoms with Crippen molar-refractivity contribution in [1.29, 1.82) is 5.26 Å². The van der Waals surface area contributed by atoms with Gasteiger partial charge in [-0.2, -0.15) is 9.98 Å². The number of rotatable bonds is 3. The summed E-state index contributed by atoms with van der Waals surface area (Å²) in [6, 6.07) is 5.90. The summed E-state index contributed by atoms with van der Waals surface area (Å²) >= 11 is 8.84. The Bertz CT molecular complexity index is 510. The van der Waals surface area contributed by atoms with Gasteiger partial charge in [0, 0.05) is 4.47 Å². The zero-order valence-electron chi connectivity index (χ0n) is 7.37. The monoisotopic (exact) mass is 308 g/mol. The molecule has 0 radical (unpaired) electrons. The van der Waals surface area contributed by atoms with E-state index < -0.39 is 10.0 Å². The molecule has 0 fully saturated rings. The summed E-state index contributed by atoms with van der Waals surface area (Å²) in [6.45, 7) is -0.261. The minimum absolute atomic E-state index is 0.0639. The quantitative estimate of drug-likeness (QED) is 0.867. The first kappa shape index (κ1) is 12.5. The third-order valence-corrected chi connectivity index (χ3v) is 4.16. The Kier molecular flexibility index (Phi) is 4.11. The molecule has 0 heterocycles. The van der Waals surface area contributed by atoms with Gasteiger partial charge >= 0.3 is 0 Å². The smallest absolute Gasteiger partial charge is 0.207 e. The maximum atomic E-state index is 11.5. The number of hydrogen-bond donors (Lipinski definition) is 1. The van der Waals surface area contributed by atoms with Crippen LogP contribution in [0.4, 0.5) is 0 Å². The third kappa shape index (κ3) is 3.18. The summed E-state index contributed by atoms with van der Waals surface area (Å²) in [6.07, 6.45) is 0. The predicted molar refractivity (Wildman–Crippen MR) is 60.0 cm³/mol. The van der Waals surface area contributed by atoms with Crippen LogP contribution in [-0.2, 0) is 10.0 Å². The molecule has 0 aromatic heterocycles. The predicted octanol–water partition coefficient (Wildman–Crippen LogP) is 1.90. The molecule has 0 amide bonds. The molecule has 0 aliphatic carbocycles. The van der Waals surface area contributed by atoms with E-state index in [1.807, 2.05) is 0 Å². The van der Waals surface area contributed by atoms with E-state index in [1.165, 1.54) is 18.2 Å². The lowest BCUT2D eigenvalue weighted by Crippen LogP contribution is -2.23. The Balaban J connectivity index is 3.07. The molecule has 0 aliphatic rings. The number of halogens is 2. The van der Waals surface area contributed by atoms with Gasteiger partial charge in [0.2, 0.25) is 10.0 Å². The molecule has 80 valence electrons. The van der Waals surface area contributed by atoms with E-state index in [4.69, 9.17) is 16.9 Å². The highest BCUT2D eigenvalue weighted by Crippen LogP contribution is 2.25. The van der Waals surface area contributed by atoms with E-state index in [0.29, 0.717) is 9.50 Å². The van der Waals surface area contributed by atoms with E-state index in [2.05, 4.69) is 20.7 Å². The zero-order valence-corrected chi connectivity index (χ0v) is 10.5. The highest BCUT2D eigenvalue weighted by molar-refractivity contribution is 9.10. The van der Waals surface area contributed by atoms with Gasteiger partial charge in [-0.15, -0.1) is 0 Å². The van der Waals surface area contributed by atoms with Gasteiger partial charge < -0.3 is 0 Å². The molecule has 0 unspecified atom stereocenters. The minimum atomic E-state index is -3.62. The molecule has 7 heteroatoms. The highest BCUT2D eigenvalue weighted by Gasteiger charge is 2.14. The van der Waals surface area contributed by atoms with Crippen LogP contribution in [0, 0.1) is 11.3 Å². The molecule has 0 saturated heterocycles. The fourth-order valence-electron chi connectivity index (χ4n) is 0.855. The van der Waals surface area contributed by atoms with Gasteiger partial charge in [-0.25, -0.2) is 8.42 Å². The van der Waals surface area contributed by atoms with Crippen molar-refractivity contribution in [2.24, 2.45) is 0 Å². The van der Waals surface area contributed by atoms with E-state index >= 15 is 0 Å². The number of sulfonamides is 1. The maximum Gasteiger partial charge on any atom is 0.241 e. The lowest BCUT2D eigenvalue weighted by atomic mass is 10.4. The van der Waals surface area contributed by atoms with Crippen LogP contribution >= 0.6 is 27.5 Å². The van der Waals surface area contributed by atoms with Crippen molar-refractivity contribution in [3.8, 4) is 6.07 Å². The Morgan fingerprint density at radius 1 is 1.53 bits per heavy atom. The fraction of sp³-hybridized carbons (Fsp3) is 0.125. The van der Waals surface area contributed by atoms with Gasteiger partial charge in [0.15, 0.2) is 0 Å². The Hall–Kier alpha value is -0.610. The average molecular weight is 310 g/mol. The van der Waals surface area contributed by atoms with Crippen LogP contribution in [0.5, 0.6) is 0 Å². The molecule has 1 rings (SSSR count). The summed E-state index contributed by atoms with van der Waals surface area (Å²) < 4.78 is 25.7. The van der Waals surface area contributed by atoms with Crippen LogP contribution in [0.3, 0.4) is 0 Å². The topological polar surface area (TPSA) is 70.0 Å². The van der Waals surface area contributed by atoms with Gasteiger partial charge in [0.05, 0.1) is 22.5 Å². The SMILES string of the molecule is N#CCNS(=O)(=O)c1ccc(Cl)c(Br)c1. The van der Waals surface area contributed by atoms with Crippen molar-refractivity contribution in [3.05, 3.63) is 27.7 Å². The molecule has 0 bridgehead atoms. The van der Waals surface area contributed by atoms with Crippen LogP contribution in [0.1, 0.15) is 0 Å². The van der Waals surface area contributed by atoms with Gasteiger partial charge in [-0.3, -0.25) is 0 Å². The molecular formula is C8H6BrClN2O2S. The Labute approximate surface area is 101 Å². The summed E-state index contributed by atoms with van der Waals surface area (Å²) in [5.41, 5.74) is 0. The largest absolute Gasteiger partial charge is 0.241 e. The van der Waals surface area contributed by atoms with E-state index in [9.17, 15) is 8.42 Å². The molecular weight excluding hydrogens is 304 g/mol. The van der Waals surface area contributed by atoms with Gasteiger partial charge in [-0.05, 0) is 34.1 Å². The first-order chi connectivity index (χ1) is 6.97. The molecule has 0 spiro atoms. The summed E-state index contributed by atoms with van der Waals surface area (Å²) in [7, 11) is -3.62. The Morgan fingerprint density at radius 3 is 2.73 bits per heavy atom. The number of benzene rings is 1. The zero-order chi connectivity index (χ0) is 11.5. The molecule has 0 saturated carbocycles. The number of nitriles is 1. The highest BCUT2D eigenvalue weighted by atomic mass is 79.9. The standard InChI is InChI=1S/C8H6BrClN2O2S/c9-7-5-6(1-2-8(7)10)15(13,14)12-4-3-11/h1-2,5,12H,4H2. The summed E-state index contributed by atoms with van der Waals surface area (Å²) in [5, 5.41) is 8.69. The van der Waals surface area contributed by atoms with Gasteiger partial charge in [-0.1, -0.05) is 11.6 Å². The Morgan fingerprint density at radius 2 is 2.20 bits per heavy atom. The van der Waals surface area contributed by atoms with Crippen molar-refractivity contribution < 1.29 is 8.42 Å². The first-order valence-corrected chi connectivity index (χ1v) is 6.44. The van der Waals surface area contributed by atoms with Crippen molar-refractivity contribution in [1.82, 2.24) is 4.72 Å². The number of hydrogen-bond acceptors (Lipinski definition) is 3. The average Bonchev–Trinajstić information content (AvgIpc) is 2.19. The second-order valence-electron chi connectivity index (χ2n) is 2.56. The second-order valence-corrected chi connectivity index (χ2v) is 5.59. The van der Waals surface area contributed by atoms with Crippen LogP contribution in [0.25, 0.3) is 0 Å². The molecule has 15 heavy (non-hydrogen) atoms. The van der Waals surface area contributed by atoms with Crippen LogP contribution in [0.15, 0.2) is 27.6 Å². The van der Waals surface area contributed by atoms with Gasteiger partial charge in [0.1, 0.15) is 0 Å². The molecule has 0 aliphatic heterocycles. The normalized spacial score (nSPS) is 11.0.